The van der Waals surface area contributed by atoms with Gasteiger partial charge in [0, 0.05) is 13.1 Å². The van der Waals surface area contributed by atoms with Crippen molar-refractivity contribution in [3.05, 3.63) is 0 Å². The Bertz CT molecular complexity index is 231. The van der Waals surface area contributed by atoms with E-state index >= 15 is 0 Å². The second kappa shape index (κ2) is 6.31. The zero-order valence-electron chi connectivity index (χ0n) is 8.71. The first-order valence-corrected chi connectivity index (χ1v) is 5.16. The third-order valence-electron chi connectivity index (χ3n) is 2.31. The summed E-state index contributed by atoms with van der Waals surface area (Å²) in [6.45, 7) is 3.61. The van der Waals surface area contributed by atoms with E-state index < -0.39 is 0 Å². The van der Waals surface area contributed by atoms with Crippen LogP contribution in [-0.2, 0) is 4.74 Å². The molecule has 0 unspecified atom stereocenters. The van der Waals surface area contributed by atoms with Gasteiger partial charge < -0.3 is 9.64 Å². The lowest BCUT2D eigenvalue weighted by molar-refractivity contribution is 0.115. The third-order valence-corrected chi connectivity index (χ3v) is 2.31. The van der Waals surface area contributed by atoms with Crippen molar-refractivity contribution in [2.75, 3.05) is 19.7 Å². The number of carbonyl (C=O) groups is 1. The quantitative estimate of drug-likeness (QED) is 0.599. The summed E-state index contributed by atoms with van der Waals surface area (Å²) in [6.07, 6.45) is 4.41. The summed E-state index contributed by atoms with van der Waals surface area (Å²) in [7, 11) is 0. The SMILES string of the molecule is CC#CCOC(=O)N1CCCCCC1. The molecule has 1 rings (SSSR count). The van der Waals surface area contributed by atoms with E-state index in [0.29, 0.717) is 0 Å². The Morgan fingerprint density at radius 1 is 1.29 bits per heavy atom. The molecule has 1 aliphatic rings. The van der Waals surface area contributed by atoms with Gasteiger partial charge in [-0.05, 0) is 19.8 Å². The molecule has 3 heteroatoms. The lowest BCUT2D eigenvalue weighted by atomic mass is 10.2. The molecular formula is C11H17NO2. The summed E-state index contributed by atoms with van der Waals surface area (Å²) in [4.78, 5) is 13.2. The van der Waals surface area contributed by atoms with Crippen molar-refractivity contribution in [1.29, 1.82) is 0 Å². The number of nitrogens with zero attached hydrogens (tertiary/aromatic N) is 1. The summed E-state index contributed by atoms with van der Waals surface area (Å²) in [5.41, 5.74) is 0. The van der Waals surface area contributed by atoms with E-state index in [0.717, 1.165) is 25.9 Å². The normalized spacial score (nSPS) is 16.5. The largest absolute Gasteiger partial charge is 0.436 e. The van der Waals surface area contributed by atoms with Crippen LogP contribution in [-0.4, -0.2) is 30.7 Å². The molecule has 3 nitrogen and oxygen atoms in total. The van der Waals surface area contributed by atoms with Crippen LogP contribution in [0.5, 0.6) is 0 Å². The molecule has 0 aliphatic carbocycles. The van der Waals surface area contributed by atoms with Crippen molar-refractivity contribution < 1.29 is 9.53 Å². The number of ether oxygens (including phenoxy) is 1. The molecule has 78 valence electrons. The van der Waals surface area contributed by atoms with Crippen LogP contribution in [0.25, 0.3) is 0 Å². The molecule has 0 spiro atoms. The molecule has 1 heterocycles. The average Bonchev–Trinajstić information content (AvgIpc) is 2.46. The maximum atomic E-state index is 11.5. The molecule has 0 aromatic carbocycles. The second-order valence-electron chi connectivity index (χ2n) is 3.38. The van der Waals surface area contributed by atoms with Crippen molar-refractivity contribution in [2.45, 2.75) is 32.6 Å². The fraction of sp³-hybridized carbons (Fsp3) is 0.727. The van der Waals surface area contributed by atoms with E-state index in [1.165, 1.54) is 12.8 Å². The van der Waals surface area contributed by atoms with Gasteiger partial charge in [0.05, 0.1) is 0 Å². The topological polar surface area (TPSA) is 29.5 Å². The van der Waals surface area contributed by atoms with Crippen LogP contribution in [0.15, 0.2) is 0 Å². The van der Waals surface area contributed by atoms with Gasteiger partial charge in [-0.2, -0.15) is 0 Å². The highest BCUT2D eigenvalue weighted by Gasteiger charge is 2.15. The van der Waals surface area contributed by atoms with Crippen molar-refractivity contribution in [2.24, 2.45) is 0 Å². The molecule has 1 aliphatic heterocycles. The Morgan fingerprint density at radius 3 is 2.50 bits per heavy atom. The molecule has 14 heavy (non-hydrogen) atoms. The molecule has 0 aromatic rings. The van der Waals surface area contributed by atoms with Gasteiger partial charge in [-0.1, -0.05) is 18.8 Å². The highest BCUT2D eigenvalue weighted by molar-refractivity contribution is 5.67. The lowest BCUT2D eigenvalue weighted by Crippen LogP contribution is -2.32. The first-order chi connectivity index (χ1) is 6.84. The summed E-state index contributed by atoms with van der Waals surface area (Å²) < 4.78 is 4.99. The Balaban J connectivity index is 2.29. The van der Waals surface area contributed by atoms with Crippen LogP contribution >= 0.6 is 0 Å². The Labute approximate surface area is 85.4 Å². The minimum Gasteiger partial charge on any atom is -0.436 e. The van der Waals surface area contributed by atoms with Gasteiger partial charge in [-0.25, -0.2) is 4.79 Å². The van der Waals surface area contributed by atoms with E-state index in [4.69, 9.17) is 4.74 Å². The third kappa shape index (κ3) is 3.69. The molecule has 0 saturated carbocycles. The Morgan fingerprint density at radius 2 is 1.93 bits per heavy atom. The van der Waals surface area contributed by atoms with Gasteiger partial charge in [0.1, 0.15) is 0 Å². The van der Waals surface area contributed by atoms with Crippen molar-refractivity contribution in [3.63, 3.8) is 0 Å². The van der Waals surface area contributed by atoms with Crippen molar-refractivity contribution in [3.8, 4) is 11.8 Å². The predicted octanol–water partition coefficient (Wildman–Crippen LogP) is 2.02. The minimum absolute atomic E-state index is 0.213. The second-order valence-corrected chi connectivity index (χ2v) is 3.38. The number of rotatable bonds is 1. The minimum atomic E-state index is -0.213. The zero-order valence-corrected chi connectivity index (χ0v) is 8.71. The fourth-order valence-corrected chi connectivity index (χ4v) is 1.51. The molecular weight excluding hydrogens is 178 g/mol. The molecule has 0 bridgehead atoms. The van der Waals surface area contributed by atoms with Crippen molar-refractivity contribution >= 4 is 6.09 Å². The van der Waals surface area contributed by atoms with Gasteiger partial charge in [0.15, 0.2) is 6.61 Å². The highest BCUT2D eigenvalue weighted by Crippen LogP contribution is 2.10. The van der Waals surface area contributed by atoms with Crippen LogP contribution in [0.3, 0.4) is 0 Å². The number of hydrogen-bond donors (Lipinski definition) is 0. The van der Waals surface area contributed by atoms with Crippen LogP contribution in [0, 0.1) is 11.8 Å². The first kappa shape index (κ1) is 10.9. The summed E-state index contributed by atoms with van der Waals surface area (Å²) in [6, 6.07) is 0. The molecule has 1 amide bonds. The molecule has 0 N–H and O–H groups in total. The predicted molar refractivity (Wildman–Crippen MR) is 54.8 cm³/mol. The number of amides is 1. The summed E-state index contributed by atoms with van der Waals surface area (Å²) in [5.74, 6) is 5.41. The van der Waals surface area contributed by atoms with Crippen LogP contribution < -0.4 is 0 Å². The van der Waals surface area contributed by atoms with Gasteiger partial charge in [0.25, 0.3) is 0 Å². The lowest BCUT2D eigenvalue weighted by Gasteiger charge is -2.18. The fourth-order valence-electron chi connectivity index (χ4n) is 1.51. The number of hydrogen-bond acceptors (Lipinski definition) is 2. The summed E-state index contributed by atoms with van der Waals surface area (Å²) >= 11 is 0. The van der Waals surface area contributed by atoms with Crippen molar-refractivity contribution in [1.82, 2.24) is 4.90 Å². The monoisotopic (exact) mass is 195 g/mol. The van der Waals surface area contributed by atoms with Gasteiger partial charge >= 0.3 is 6.09 Å². The number of carbonyl (C=O) groups excluding carboxylic acids is 1. The van der Waals surface area contributed by atoms with E-state index in [2.05, 4.69) is 11.8 Å². The smallest absolute Gasteiger partial charge is 0.410 e. The van der Waals surface area contributed by atoms with Gasteiger partial charge in [-0.15, -0.1) is 5.92 Å². The Hall–Kier alpha value is -1.17. The van der Waals surface area contributed by atoms with E-state index in [1.807, 2.05) is 0 Å². The van der Waals surface area contributed by atoms with Crippen LogP contribution in [0.2, 0.25) is 0 Å². The maximum Gasteiger partial charge on any atom is 0.410 e. The standard InChI is InChI=1S/C11H17NO2/c1-2-3-10-14-11(13)12-8-6-4-5-7-9-12/h4-10H2,1H3. The van der Waals surface area contributed by atoms with E-state index in [1.54, 1.807) is 11.8 Å². The molecule has 1 saturated heterocycles. The molecule has 1 fully saturated rings. The maximum absolute atomic E-state index is 11.5. The van der Waals surface area contributed by atoms with E-state index in [9.17, 15) is 4.79 Å². The Kier molecular flexibility index (Phi) is 4.92. The van der Waals surface area contributed by atoms with Gasteiger partial charge in [-0.3, -0.25) is 0 Å². The first-order valence-electron chi connectivity index (χ1n) is 5.16. The zero-order chi connectivity index (χ0) is 10.2. The van der Waals surface area contributed by atoms with Gasteiger partial charge in [0.2, 0.25) is 0 Å². The average molecular weight is 195 g/mol. The van der Waals surface area contributed by atoms with Crippen LogP contribution in [0.1, 0.15) is 32.6 Å². The molecule has 0 radical (unpaired) electrons. The number of likely N-dealkylation sites (tertiary alicyclic amines) is 1. The molecule has 0 atom stereocenters. The molecule has 0 aromatic heterocycles. The van der Waals surface area contributed by atoms with Crippen LogP contribution in [0.4, 0.5) is 4.79 Å². The summed E-state index contributed by atoms with van der Waals surface area (Å²) in [5, 5.41) is 0. The highest BCUT2D eigenvalue weighted by atomic mass is 16.6. The van der Waals surface area contributed by atoms with E-state index in [-0.39, 0.29) is 12.7 Å².